The van der Waals surface area contributed by atoms with Gasteiger partial charge in [-0.3, -0.25) is 0 Å². The average molecular weight is 717 g/mol. The van der Waals surface area contributed by atoms with Crippen LogP contribution in [0.1, 0.15) is 43.2 Å². The van der Waals surface area contributed by atoms with Crippen LogP contribution in [0.5, 0.6) is 0 Å². The summed E-state index contributed by atoms with van der Waals surface area (Å²) in [7, 11) is 0. The molecule has 2 heteroatoms. The highest BCUT2D eigenvalue weighted by Crippen LogP contribution is 2.59. The number of aromatic nitrogens is 2. The van der Waals surface area contributed by atoms with Crippen molar-refractivity contribution in [3.63, 3.8) is 0 Å². The van der Waals surface area contributed by atoms with Gasteiger partial charge in [0.1, 0.15) is 0 Å². The molecule has 266 valence electrons. The lowest BCUT2D eigenvalue weighted by Gasteiger charge is -2.36. The highest BCUT2D eigenvalue weighted by Gasteiger charge is 2.45. The van der Waals surface area contributed by atoms with E-state index in [4.69, 9.17) is 9.97 Å². The molecule has 0 amide bonds. The number of benzene rings is 8. The van der Waals surface area contributed by atoms with E-state index in [2.05, 4.69) is 158 Å². The Morgan fingerprint density at radius 1 is 0.357 bits per heavy atom. The molecule has 2 nitrogen and oxygen atoms in total. The lowest BCUT2D eigenvalue weighted by Crippen LogP contribution is -2.28. The molecular weight excluding hydrogens is 677 g/mol. The molecule has 11 rings (SSSR count). The first-order valence-corrected chi connectivity index (χ1v) is 20.0. The Hall–Kier alpha value is -6.64. The Bertz CT molecular complexity index is 2860. The van der Waals surface area contributed by atoms with E-state index in [0.29, 0.717) is 0 Å². The second-order valence-corrected chi connectivity index (χ2v) is 15.6. The molecule has 0 radical (unpaired) electrons. The Balaban J connectivity index is 1.09. The summed E-state index contributed by atoms with van der Waals surface area (Å²) in [4.78, 5) is 10.1. The molecule has 0 atom stereocenters. The SMILES string of the molecule is c1ccc(-c2cc(-c3ccc(-c4ccc5ccccc5c4-c4cccc5c4-c4cc6ccccc6cc4C54CCCCC4)cc3)nc(-c3ccccc3)n2)cc1. The first-order valence-electron chi connectivity index (χ1n) is 20.0. The van der Waals surface area contributed by atoms with Crippen molar-refractivity contribution < 1.29 is 0 Å². The Morgan fingerprint density at radius 2 is 0.964 bits per heavy atom. The molecule has 1 spiro atoms. The summed E-state index contributed by atoms with van der Waals surface area (Å²) in [6, 6.07) is 66.4. The minimum Gasteiger partial charge on any atom is -0.228 e. The van der Waals surface area contributed by atoms with Crippen molar-refractivity contribution in [1.82, 2.24) is 9.97 Å². The molecule has 0 aliphatic heterocycles. The van der Waals surface area contributed by atoms with Crippen molar-refractivity contribution in [1.29, 1.82) is 0 Å². The van der Waals surface area contributed by atoms with Gasteiger partial charge in [-0.1, -0.05) is 183 Å². The number of rotatable bonds is 5. The van der Waals surface area contributed by atoms with E-state index in [0.717, 1.165) is 33.9 Å². The van der Waals surface area contributed by atoms with Crippen LogP contribution in [0.25, 0.3) is 88.8 Å². The maximum atomic E-state index is 5.12. The van der Waals surface area contributed by atoms with Crippen molar-refractivity contribution in [2.75, 3.05) is 0 Å². The predicted molar refractivity (Wildman–Crippen MR) is 234 cm³/mol. The van der Waals surface area contributed by atoms with Crippen molar-refractivity contribution >= 4 is 21.5 Å². The van der Waals surface area contributed by atoms with E-state index in [1.807, 2.05) is 24.3 Å². The van der Waals surface area contributed by atoms with Gasteiger partial charge in [0.15, 0.2) is 5.82 Å². The Labute approximate surface area is 328 Å². The van der Waals surface area contributed by atoms with Crippen molar-refractivity contribution in [2.24, 2.45) is 0 Å². The minimum absolute atomic E-state index is 0.0596. The van der Waals surface area contributed by atoms with Gasteiger partial charge in [0.25, 0.3) is 0 Å². The molecule has 2 aliphatic rings. The summed E-state index contributed by atoms with van der Waals surface area (Å²) < 4.78 is 0. The summed E-state index contributed by atoms with van der Waals surface area (Å²) >= 11 is 0. The normalized spacial score (nSPS) is 14.2. The fourth-order valence-electron chi connectivity index (χ4n) is 9.82. The van der Waals surface area contributed by atoms with Crippen molar-refractivity contribution in [3.8, 4) is 67.3 Å². The topological polar surface area (TPSA) is 25.8 Å². The monoisotopic (exact) mass is 716 g/mol. The average Bonchev–Trinajstić information content (AvgIpc) is 3.53. The van der Waals surface area contributed by atoms with Gasteiger partial charge in [0.2, 0.25) is 0 Å². The molecule has 1 heterocycles. The number of nitrogens with zero attached hydrogens (tertiary/aromatic N) is 2. The van der Waals surface area contributed by atoms with Gasteiger partial charge in [-0.05, 0) is 97.1 Å². The molecule has 56 heavy (non-hydrogen) atoms. The summed E-state index contributed by atoms with van der Waals surface area (Å²) in [6.45, 7) is 0. The van der Waals surface area contributed by atoms with Gasteiger partial charge in [0, 0.05) is 22.1 Å². The number of fused-ring (bicyclic) bond motifs is 7. The van der Waals surface area contributed by atoms with Crippen LogP contribution >= 0.6 is 0 Å². The molecule has 0 saturated heterocycles. The zero-order chi connectivity index (χ0) is 37.1. The first-order chi connectivity index (χ1) is 27.7. The van der Waals surface area contributed by atoms with E-state index in [1.54, 1.807) is 0 Å². The third-order valence-corrected chi connectivity index (χ3v) is 12.5. The second-order valence-electron chi connectivity index (χ2n) is 15.6. The zero-order valence-corrected chi connectivity index (χ0v) is 31.3. The van der Waals surface area contributed by atoms with Crippen LogP contribution in [-0.4, -0.2) is 9.97 Å². The number of hydrogen-bond donors (Lipinski definition) is 0. The maximum Gasteiger partial charge on any atom is 0.160 e. The number of hydrogen-bond acceptors (Lipinski definition) is 2. The molecule has 1 saturated carbocycles. The summed E-state index contributed by atoms with van der Waals surface area (Å²) in [5.74, 6) is 0.726. The molecule has 8 aromatic carbocycles. The van der Waals surface area contributed by atoms with E-state index in [9.17, 15) is 0 Å². The summed E-state index contributed by atoms with van der Waals surface area (Å²) in [5, 5.41) is 5.19. The lowest BCUT2D eigenvalue weighted by atomic mass is 9.67. The van der Waals surface area contributed by atoms with Crippen LogP contribution in [-0.2, 0) is 5.41 Å². The molecular formula is C54H40N2. The molecule has 9 aromatic rings. The van der Waals surface area contributed by atoms with Crippen molar-refractivity contribution in [3.05, 3.63) is 193 Å². The molecule has 1 aromatic heterocycles. The van der Waals surface area contributed by atoms with Gasteiger partial charge in [-0.2, -0.15) is 0 Å². The van der Waals surface area contributed by atoms with Crippen molar-refractivity contribution in [2.45, 2.75) is 37.5 Å². The molecule has 2 aliphatic carbocycles. The standard InChI is InChI=1S/C54H40N2/c1-4-16-38(17-5-1)49-35-50(56-53(55-49)40-18-6-2-7-19-40)39-27-25-37(26-28-39)44-30-29-36-15-10-11-22-43(36)51(44)45-23-14-24-47-52(45)46-33-41-20-8-9-21-42(41)34-48(46)54(47)31-12-3-13-32-54/h1-2,4-11,14-30,33-35H,3,12-13,31-32H2. The smallest absolute Gasteiger partial charge is 0.160 e. The third-order valence-electron chi connectivity index (χ3n) is 12.5. The molecule has 0 bridgehead atoms. The Kier molecular flexibility index (Phi) is 7.77. The van der Waals surface area contributed by atoms with E-state index < -0.39 is 0 Å². The van der Waals surface area contributed by atoms with Gasteiger partial charge in [0.05, 0.1) is 11.4 Å². The molecule has 0 N–H and O–H groups in total. The van der Waals surface area contributed by atoms with Gasteiger partial charge < -0.3 is 0 Å². The third kappa shape index (κ3) is 5.32. The van der Waals surface area contributed by atoms with Crippen LogP contribution in [0.4, 0.5) is 0 Å². The highest BCUT2D eigenvalue weighted by atomic mass is 14.9. The van der Waals surface area contributed by atoms with Crippen LogP contribution < -0.4 is 0 Å². The fourth-order valence-corrected chi connectivity index (χ4v) is 9.82. The maximum absolute atomic E-state index is 5.12. The predicted octanol–water partition coefficient (Wildman–Crippen LogP) is 14.3. The van der Waals surface area contributed by atoms with Gasteiger partial charge >= 0.3 is 0 Å². The van der Waals surface area contributed by atoms with Crippen LogP contribution in [0.15, 0.2) is 182 Å². The largest absolute Gasteiger partial charge is 0.228 e. The molecule has 0 unspecified atom stereocenters. The summed E-state index contributed by atoms with van der Waals surface area (Å²) in [5.41, 5.74) is 16.0. The van der Waals surface area contributed by atoms with Crippen LogP contribution in [0.2, 0.25) is 0 Å². The second kappa shape index (κ2) is 13.3. The van der Waals surface area contributed by atoms with E-state index >= 15 is 0 Å². The lowest BCUT2D eigenvalue weighted by molar-refractivity contribution is 0.353. The summed E-state index contributed by atoms with van der Waals surface area (Å²) in [6.07, 6.45) is 6.28. The van der Waals surface area contributed by atoms with Crippen LogP contribution in [0, 0.1) is 0 Å². The zero-order valence-electron chi connectivity index (χ0n) is 31.3. The quantitative estimate of drug-likeness (QED) is 0.177. The van der Waals surface area contributed by atoms with Gasteiger partial charge in [-0.25, -0.2) is 9.97 Å². The molecule has 1 fully saturated rings. The first kappa shape index (κ1) is 32.8. The van der Waals surface area contributed by atoms with Crippen LogP contribution in [0.3, 0.4) is 0 Å². The van der Waals surface area contributed by atoms with E-state index in [-0.39, 0.29) is 5.41 Å². The minimum atomic E-state index is 0.0596. The fraction of sp³-hybridized carbons (Fsp3) is 0.111. The Morgan fingerprint density at radius 3 is 1.70 bits per heavy atom. The highest BCUT2D eigenvalue weighted by molar-refractivity contribution is 6.09. The van der Waals surface area contributed by atoms with E-state index in [1.165, 1.54) is 98.2 Å². The van der Waals surface area contributed by atoms with Gasteiger partial charge in [-0.15, -0.1) is 0 Å².